The van der Waals surface area contributed by atoms with Crippen molar-refractivity contribution in [1.82, 2.24) is 5.32 Å². The van der Waals surface area contributed by atoms with Gasteiger partial charge in [0.1, 0.15) is 5.75 Å². The lowest BCUT2D eigenvalue weighted by molar-refractivity contribution is -0.153. The highest BCUT2D eigenvalue weighted by atomic mass is 19.4. The number of rotatable bonds is 5. The van der Waals surface area contributed by atoms with Crippen LogP contribution < -0.4 is 21.1 Å². The third kappa shape index (κ3) is 6.02. The van der Waals surface area contributed by atoms with E-state index in [0.717, 1.165) is 0 Å². The van der Waals surface area contributed by atoms with E-state index in [4.69, 9.17) is 5.73 Å². The molecule has 0 aliphatic rings. The molecule has 1 aromatic rings. The molecule has 3 amide bonds. The van der Waals surface area contributed by atoms with E-state index in [1.807, 2.05) is 0 Å². The molecule has 9 heteroatoms. The van der Waals surface area contributed by atoms with Crippen LogP contribution in [0.15, 0.2) is 18.2 Å². The van der Waals surface area contributed by atoms with Gasteiger partial charge in [-0.05, 0) is 19.1 Å². The lowest BCUT2D eigenvalue weighted by atomic mass is 10.2. The van der Waals surface area contributed by atoms with Crippen LogP contribution in [0.3, 0.4) is 0 Å². The van der Waals surface area contributed by atoms with Crippen molar-refractivity contribution in [3.63, 3.8) is 0 Å². The normalized spacial score (nSPS) is 10.9. The van der Waals surface area contributed by atoms with E-state index in [-0.39, 0.29) is 18.0 Å². The van der Waals surface area contributed by atoms with Gasteiger partial charge in [0.2, 0.25) is 5.91 Å². The van der Waals surface area contributed by atoms with Gasteiger partial charge in [0.15, 0.2) is 6.61 Å². The minimum absolute atomic E-state index is 0.00739. The van der Waals surface area contributed by atoms with Crippen molar-refractivity contribution in [3.05, 3.63) is 23.8 Å². The van der Waals surface area contributed by atoms with E-state index in [1.165, 1.54) is 25.1 Å². The van der Waals surface area contributed by atoms with Gasteiger partial charge in [0.25, 0.3) is 0 Å². The molecule has 1 aromatic carbocycles. The molecule has 21 heavy (non-hydrogen) atoms. The fourth-order valence-electron chi connectivity index (χ4n) is 1.43. The number of nitrogens with two attached hydrogens (primary N) is 1. The second kappa shape index (κ2) is 6.82. The molecular weight excluding hydrogens is 291 g/mol. The summed E-state index contributed by atoms with van der Waals surface area (Å²) in [6, 6.07) is 3.44. The molecule has 0 heterocycles. The number of alkyl halides is 3. The molecule has 0 atom stereocenters. The van der Waals surface area contributed by atoms with E-state index in [0.29, 0.717) is 5.56 Å². The fourth-order valence-corrected chi connectivity index (χ4v) is 1.43. The lowest BCUT2D eigenvalue weighted by Gasteiger charge is -2.14. The van der Waals surface area contributed by atoms with Crippen LogP contribution in [0.4, 0.5) is 23.7 Å². The predicted octanol–water partition coefficient (Wildman–Crippen LogP) is 1.54. The van der Waals surface area contributed by atoms with Crippen molar-refractivity contribution in [2.24, 2.45) is 5.73 Å². The minimum atomic E-state index is -4.45. The zero-order valence-electron chi connectivity index (χ0n) is 11.1. The number of hydrogen-bond donors (Lipinski definition) is 3. The maximum Gasteiger partial charge on any atom is 0.422 e. The second-order valence-electron chi connectivity index (χ2n) is 4.10. The van der Waals surface area contributed by atoms with Crippen molar-refractivity contribution < 1.29 is 27.5 Å². The van der Waals surface area contributed by atoms with Crippen LogP contribution in [0.2, 0.25) is 0 Å². The quantitative estimate of drug-likeness (QED) is 0.770. The molecule has 116 valence electrons. The summed E-state index contributed by atoms with van der Waals surface area (Å²) in [5, 5.41) is 4.52. The zero-order valence-corrected chi connectivity index (χ0v) is 11.1. The molecule has 0 unspecified atom stereocenters. The van der Waals surface area contributed by atoms with Crippen LogP contribution in [0.1, 0.15) is 5.56 Å². The van der Waals surface area contributed by atoms with Crippen LogP contribution in [0.25, 0.3) is 0 Å². The maximum absolute atomic E-state index is 12.1. The number of nitrogens with one attached hydrogen (secondary N) is 2. The first-order chi connectivity index (χ1) is 9.69. The second-order valence-corrected chi connectivity index (χ2v) is 4.10. The molecule has 0 saturated carbocycles. The number of halogens is 3. The molecular formula is C12H14F3N3O3. The SMILES string of the molecule is Cc1c(NC(=O)CNC(N)=O)cccc1OCC(F)(F)F. The van der Waals surface area contributed by atoms with E-state index in [9.17, 15) is 22.8 Å². The molecule has 4 N–H and O–H groups in total. The van der Waals surface area contributed by atoms with Gasteiger partial charge in [-0.25, -0.2) is 4.79 Å². The summed E-state index contributed by atoms with van der Waals surface area (Å²) in [6.45, 7) is -0.264. The largest absolute Gasteiger partial charge is 0.484 e. The summed E-state index contributed by atoms with van der Waals surface area (Å²) >= 11 is 0. The summed E-state index contributed by atoms with van der Waals surface area (Å²) in [5.74, 6) is -0.558. The maximum atomic E-state index is 12.1. The van der Waals surface area contributed by atoms with Gasteiger partial charge in [0, 0.05) is 11.3 Å². The molecule has 0 fully saturated rings. The van der Waals surface area contributed by atoms with Crippen LogP contribution in [0.5, 0.6) is 5.75 Å². The molecule has 1 rings (SSSR count). The minimum Gasteiger partial charge on any atom is -0.484 e. The predicted molar refractivity (Wildman–Crippen MR) is 68.9 cm³/mol. The van der Waals surface area contributed by atoms with Crippen molar-refractivity contribution in [1.29, 1.82) is 0 Å². The number of primary amides is 1. The van der Waals surface area contributed by atoms with Gasteiger partial charge >= 0.3 is 12.2 Å². The standard InChI is InChI=1S/C12H14F3N3O3/c1-7-8(18-10(19)5-17-11(16)20)3-2-4-9(7)21-6-12(13,14)15/h2-4H,5-6H2,1H3,(H,18,19)(H3,16,17,20). The van der Waals surface area contributed by atoms with Gasteiger partial charge in [-0.3, -0.25) is 4.79 Å². The van der Waals surface area contributed by atoms with Gasteiger partial charge in [-0.1, -0.05) is 6.07 Å². The number of ether oxygens (including phenoxy) is 1. The third-order valence-corrected chi connectivity index (χ3v) is 2.37. The van der Waals surface area contributed by atoms with Gasteiger partial charge in [-0.15, -0.1) is 0 Å². The fraction of sp³-hybridized carbons (Fsp3) is 0.333. The monoisotopic (exact) mass is 305 g/mol. The van der Waals surface area contributed by atoms with Crippen LogP contribution in [0, 0.1) is 6.92 Å². The number of hydrogen-bond acceptors (Lipinski definition) is 3. The molecule has 0 aliphatic carbocycles. The number of benzene rings is 1. The third-order valence-electron chi connectivity index (χ3n) is 2.37. The van der Waals surface area contributed by atoms with Crippen molar-refractivity contribution >= 4 is 17.6 Å². The average molecular weight is 305 g/mol. The van der Waals surface area contributed by atoms with E-state index < -0.39 is 24.7 Å². The summed E-state index contributed by atoms with van der Waals surface area (Å²) in [5.41, 5.74) is 5.44. The first-order valence-electron chi connectivity index (χ1n) is 5.81. The molecule has 0 bridgehead atoms. The van der Waals surface area contributed by atoms with Crippen LogP contribution in [-0.2, 0) is 4.79 Å². The molecule has 0 radical (unpaired) electrons. The molecule has 0 aliphatic heterocycles. The Kier molecular flexibility index (Phi) is 5.39. The Morgan fingerprint density at radius 2 is 2.00 bits per heavy atom. The Hall–Kier alpha value is -2.45. The van der Waals surface area contributed by atoms with Crippen molar-refractivity contribution in [2.45, 2.75) is 13.1 Å². The Morgan fingerprint density at radius 1 is 1.33 bits per heavy atom. The number of amides is 3. The lowest BCUT2D eigenvalue weighted by Crippen LogP contribution is -2.36. The van der Waals surface area contributed by atoms with Gasteiger partial charge < -0.3 is 21.1 Å². The molecule has 0 spiro atoms. The summed E-state index contributed by atoms with van der Waals surface area (Å²) in [6.07, 6.45) is -4.45. The number of anilines is 1. The van der Waals surface area contributed by atoms with E-state index >= 15 is 0 Å². The number of carbonyl (C=O) groups is 2. The first kappa shape index (κ1) is 16.6. The zero-order chi connectivity index (χ0) is 16.0. The van der Waals surface area contributed by atoms with Gasteiger partial charge in [0.05, 0.1) is 6.54 Å². The van der Waals surface area contributed by atoms with Gasteiger partial charge in [-0.2, -0.15) is 13.2 Å². The summed E-state index contributed by atoms with van der Waals surface area (Å²) in [7, 11) is 0. The smallest absolute Gasteiger partial charge is 0.422 e. The highest BCUT2D eigenvalue weighted by Crippen LogP contribution is 2.27. The molecule has 0 aromatic heterocycles. The first-order valence-corrected chi connectivity index (χ1v) is 5.81. The van der Waals surface area contributed by atoms with Crippen LogP contribution in [-0.4, -0.2) is 31.3 Å². The van der Waals surface area contributed by atoms with Crippen molar-refractivity contribution in [3.8, 4) is 5.75 Å². The Bertz CT molecular complexity index is 532. The Balaban J connectivity index is 2.71. The average Bonchev–Trinajstić information content (AvgIpc) is 2.36. The van der Waals surface area contributed by atoms with E-state index in [2.05, 4.69) is 15.4 Å². The molecule has 6 nitrogen and oxygen atoms in total. The van der Waals surface area contributed by atoms with Crippen molar-refractivity contribution in [2.75, 3.05) is 18.5 Å². The highest BCUT2D eigenvalue weighted by molar-refractivity contribution is 5.95. The Morgan fingerprint density at radius 3 is 2.57 bits per heavy atom. The number of urea groups is 1. The summed E-state index contributed by atoms with van der Waals surface area (Å²) < 4.78 is 41.0. The van der Waals surface area contributed by atoms with Crippen LogP contribution >= 0.6 is 0 Å². The highest BCUT2D eigenvalue weighted by Gasteiger charge is 2.28. The van der Waals surface area contributed by atoms with E-state index in [1.54, 1.807) is 0 Å². The summed E-state index contributed by atoms with van der Waals surface area (Å²) in [4.78, 5) is 22.0. The topological polar surface area (TPSA) is 93.5 Å². The molecule has 0 saturated heterocycles. The number of carbonyl (C=O) groups excluding carboxylic acids is 2. The Labute approximate surface area is 118 Å².